The van der Waals surface area contributed by atoms with E-state index in [0.29, 0.717) is 13.1 Å². The summed E-state index contributed by atoms with van der Waals surface area (Å²) < 4.78 is 23.2. The maximum Gasteiger partial charge on any atom is 0.228 e. The average Bonchev–Trinajstić information content (AvgIpc) is 2.39. The van der Waals surface area contributed by atoms with Crippen LogP contribution in [0.2, 0.25) is 0 Å². The van der Waals surface area contributed by atoms with Gasteiger partial charge in [-0.3, -0.25) is 4.79 Å². The molecular formula is C14H20N2O3S. The van der Waals surface area contributed by atoms with Crippen molar-refractivity contribution >= 4 is 21.4 Å². The van der Waals surface area contributed by atoms with Gasteiger partial charge < -0.3 is 10.2 Å². The number of para-hydroxylation sites is 1. The molecule has 0 spiro atoms. The molecule has 1 aliphatic heterocycles. The van der Waals surface area contributed by atoms with Gasteiger partial charge in [-0.25, -0.2) is 8.42 Å². The highest BCUT2D eigenvalue weighted by atomic mass is 32.2. The van der Waals surface area contributed by atoms with Crippen LogP contribution in [0.1, 0.15) is 13.3 Å². The molecule has 1 amide bonds. The molecule has 0 radical (unpaired) electrons. The Morgan fingerprint density at radius 2 is 2.05 bits per heavy atom. The minimum absolute atomic E-state index is 0.0467. The van der Waals surface area contributed by atoms with Crippen molar-refractivity contribution in [2.45, 2.75) is 19.4 Å². The van der Waals surface area contributed by atoms with Gasteiger partial charge in [0.1, 0.15) is 0 Å². The summed E-state index contributed by atoms with van der Waals surface area (Å²) in [5.41, 5.74) is 0.846. The minimum atomic E-state index is -3.01. The standard InChI is InChI=1S/C14H20N2O3S/c1-2-16(13-6-4-3-5-7-13)14(17)10-12-11-20(18,19)9-8-15-12/h3-7,12,15H,2,8-11H2,1H3. The maximum atomic E-state index is 12.3. The molecule has 5 nitrogen and oxygen atoms in total. The summed E-state index contributed by atoms with van der Waals surface area (Å²) in [7, 11) is -3.01. The zero-order valence-corrected chi connectivity index (χ0v) is 12.4. The van der Waals surface area contributed by atoms with E-state index < -0.39 is 9.84 Å². The molecular weight excluding hydrogens is 276 g/mol. The summed E-state index contributed by atoms with van der Waals surface area (Å²) in [5, 5.41) is 3.11. The number of rotatable bonds is 4. The SMILES string of the molecule is CCN(C(=O)CC1CS(=O)(=O)CCN1)c1ccccc1. The zero-order valence-electron chi connectivity index (χ0n) is 11.6. The Morgan fingerprint density at radius 1 is 1.35 bits per heavy atom. The molecule has 0 saturated carbocycles. The lowest BCUT2D eigenvalue weighted by atomic mass is 10.2. The summed E-state index contributed by atoms with van der Waals surface area (Å²) in [4.78, 5) is 14.0. The lowest BCUT2D eigenvalue weighted by molar-refractivity contribution is -0.118. The van der Waals surface area contributed by atoms with E-state index >= 15 is 0 Å². The molecule has 1 aromatic carbocycles. The van der Waals surface area contributed by atoms with Crippen molar-refractivity contribution < 1.29 is 13.2 Å². The van der Waals surface area contributed by atoms with Crippen LogP contribution in [-0.2, 0) is 14.6 Å². The minimum Gasteiger partial charge on any atom is -0.313 e. The Balaban J connectivity index is 2.03. The second-order valence-corrected chi connectivity index (χ2v) is 7.17. The molecule has 1 aromatic rings. The summed E-state index contributed by atoms with van der Waals surface area (Å²) in [6, 6.07) is 9.15. The second kappa shape index (κ2) is 6.37. The van der Waals surface area contributed by atoms with Gasteiger partial charge in [-0.1, -0.05) is 18.2 Å². The van der Waals surface area contributed by atoms with Gasteiger partial charge in [-0.15, -0.1) is 0 Å². The number of anilines is 1. The van der Waals surface area contributed by atoms with Gasteiger partial charge in [0.15, 0.2) is 9.84 Å². The third-order valence-corrected chi connectivity index (χ3v) is 5.14. The van der Waals surface area contributed by atoms with Gasteiger partial charge in [0.2, 0.25) is 5.91 Å². The third-order valence-electron chi connectivity index (χ3n) is 3.41. The number of sulfone groups is 1. The van der Waals surface area contributed by atoms with E-state index in [1.165, 1.54) is 0 Å². The molecule has 2 rings (SSSR count). The lowest BCUT2D eigenvalue weighted by Crippen LogP contribution is -2.48. The fraction of sp³-hybridized carbons (Fsp3) is 0.500. The highest BCUT2D eigenvalue weighted by Crippen LogP contribution is 2.15. The number of hydrogen-bond acceptors (Lipinski definition) is 4. The van der Waals surface area contributed by atoms with Crippen LogP contribution in [0.5, 0.6) is 0 Å². The van der Waals surface area contributed by atoms with Crippen LogP contribution in [-0.4, -0.2) is 45.0 Å². The van der Waals surface area contributed by atoms with Crippen molar-refractivity contribution in [2.75, 3.05) is 29.5 Å². The third kappa shape index (κ3) is 3.80. The van der Waals surface area contributed by atoms with E-state index in [1.807, 2.05) is 37.3 Å². The van der Waals surface area contributed by atoms with Gasteiger partial charge in [-0.2, -0.15) is 0 Å². The predicted octanol–water partition coefficient (Wildman–Crippen LogP) is 0.816. The summed E-state index contributed by atoms with van der Waals surface area (Å²) in [6.45, 7) is 2.91. The molecule has 1 atom stereocenters. The molecule has 110 valence electrons. The van der Waals surface area contributed by atoms with Crippen molar-refractivity contribution in [1.82, 2.24) is 5.32 Å². The second-order valence-electron chi connectivity index (χ2n) is 4.94. The number of nitrogens with zero attached hydrogens (tertiary/aromatic N) is 1. The first kappa shape index (κ1) is 15.0. The van der Waals surface area contributed by atoms with Crippen molar-refractivity contribution in [3.8, 4) is 0 Å². The van der Waals surface area contributed by atoms with E-state index in [0.717, 1.165) is 5.69 Å². The van der Waals surface area contributed by atoms with Crippen LogP contribution in [0.4, 0.5) is 5.69 Å². The molecule has 1 aliphatic rings. The first-order valence-corrected chi connectivity index (χ1v) is 8.63. The molecule has 0 aromatic heterocycles. The van der Waals surface area contributed by atoms with Gasteiger partial charge in [0.25, 0.3) is 0 Å². The topological polar surface area (TPSA) is 66.5 Å². The maximum absolute atomic E-state index is 12.3. The van der Waals surface area contributed by atoms with Gasteiger partial charge >= 0.3 is 0 Å². The fourth-order valence-electron chi connectivity index (χ4n) is 2.43. The first-order chi connectivity index (χ1) is 9.52. The monoisotopic (exact) mass is 296 g/mol. The van der Waals surface area contributed by atoms with Crippen LogP contribution >= 0.6 is 0 Å². The van der Waals surface area contributed by atoms with Crippen molar-refractivity contribution in [1.29, 1.82) is 0 Å². The molecule has 0 bridgehead atoms. The number of benzene rings is 1. The number of carbonyl (C=O) groups excluding carboxylic acids is 1. The lowest BCUT2D eigenvalue weighted by Gasteiger charge is -2.27. The highest BCUT2D eigenvalue weighted by Gasteiger charge is 2.27. The van der Waals surface area contributed by atoms with Crippen LogP contribution in [0.25, 0.3) is 0 Å². The molecule has 1 heterocycles. The Kier molecular flexibility index (Phi) is 4.77. The molecule has 1 N–H and O–H groups in total. The first-order valence-electron chi connectivity index (χ1n) is 6.81. The average molecular weight is 296 g/mol. The van der Waals surface area contributed by atoms with Crippen molar-refractivity contribution in [3.05, 3.63) is 30.3 Å². The predicted molar refractivity (Wildman–Crippen MR) is 79.5 cm³/mol. The molecule has 6 heteroatoms. The largest absolute Gasteiger partial charge is 0.313 e. The van der Waals surface area contributed by atoms with Gasteiger partial charge in [0, 0.05) is 31.2 Å². The number of carbonyl (C=O) groups is 1. The Bertz CT molecular complexity index is 557. The number of hydrogen-bond donors (Lipinski definition) is 1. The Labute approximate surface area is 119 Å². The van der Waals surface area contributed by atoms with E-state index in [-0.39, 0.29) is 29.9 Å². The van der Waals surface area contributed by atoms with Gasteiger partial charge in [0.05, 0.1) is 11.5 Å². The quantitative estimate of drug-likeness (QED) is 0.893. The smallest absolute Gasteiger partial charge is 0.228 e. The highest BCUT2D eigenvalue weighted by molar-refractivity contribution is 7.91. The molecule has 0 aliphatic carbocycles. The molecule has 1 fully saturated rings. The molecule has 1 saturated heterocycles. The van der Waals surface area contributed by atoms with Crippen LogP contribution < -0.4 is 10.2 Å². The van der Waals surface area contributed by atoms with Gasteiger partial charge in [-0.05, 0) is 19.1 Å². The van der Waals surface area contributed by atoms with Crippen LogP contribution in [0.3, 0.4) is 0 Å². The fourth-order valence-corrected chi connectivity index (χ4v) is 3.87. The molecule has 1 unspecified atom stereocenters. The zero-order chi connectivity index (χ0) is 14.6. The van der Waals surface area contributed by atoms with Crippen molar-refractivity contribution in [2.24, 2.45) is 0 Å². The Morgan fingerprint density at radius 3 is 2.65 bits per heavy atom. The molecule has 20 heavy (non-hydrogen) atoms. The van der Waals surface area contributed by atoms with Crippen LogP contribution in [0, 0.1) is 0 Å². The summed E-state index contributed by atoms with van der Waals surface area (Å²) in [6.07, 6.45) is 0.210. The number of nitrogens with one attached hydrogen (secondary N) is 1. The van der Waals surface area contributed by atoms with Crippen molar-refractivity contribution in [3.63, 3.8) is 0 Å². The van der Waals surface area contributed by atoms with E-state index in [9.17, 15) is 13.2 Å². The van der Waals surface area contributed by atoms with E-state index in [4.69, 9.17) is 0 Å². The summed E-state index contributed by atoms with van der Waals surface area (Å²) in [5.74, 6) is 0.159. The van der Waals surface area contributed by atoms with E-state index in [1.54, 1.807) is 4.90 Å². The van der Waals surface area contributed by atoms with E-state index in [2.05, 4.69) is 5.32 Å². The van der Waals surface area contributed by atoms with Crippen LogP contribution in [0.15, 0.2) is 30.3 Å². The number of amides is 1. The summed E-state index contributed by atoms with van der Waals surface area (Å²) >= 11 is 0. The Hall–Kier alpha value is -1.40. The normalized spacial score (nSPS) is 21.4.